The zero-order valence-corrected chi connectivity index (χ0v) is 5.33. The molecule has 2 rings (SSSR count). The van der Waals surface area contributed by atoms with Crippen LogP contribution >= 0.6 is 0 Å². The Balaban J connectivity index is 2.12. The topological polar surface area (TPSA) is 68.9 Å². The van der Waals surface area contributed by atoms with E-state index >= 15 is 0 Å². The lowest BCUT2D eigenvalue weighted by atomic mass is 10.6. The fraction of sp³-hybridized carbons (Fsp3) is 0.500. The molecule has 6 nitrogen and oxygen atoms in total. The molecule has 3 N–H and O–H groups in total. The number of nitrogens with one attached hydrogen (secondary N) is 3. The number of rotatable bonds is 1. The molecule has 54 valence electrons. The Labute approximate surface area is 57.5 Å². The van der Waals surface area contributed by atoms with Gasteiger partial charge in [-0.25, -0.2) is 5.43 Å². The number of anilines is 1. The van der Waals surface area contributed by atoms with E-state index in [1.807, 2.05) is 5.01 Å². The Hall–Kier alpha value is -1.14. The minimum Gasteiger partial charge on any atom is -0.274 e. The Bertz CT molecular complexity index is 188. The SMILES string of the molecule is c1n[nH]nc1N1CCNN1. The Morgan fingerprint density at radius 1 is 1.60 bits per heavy atom. The highest BCUT2D eigenvalue weighted by atomic mass is 15.7. The van der Waals surface area contributed by atoms with Gasteiger partial charge in [-0.3, -0.25) is 5.01 Å². The molecular weight excluding hydrogens is 132 g/mol. The van der Waals surface area contributed by atoms with E-state index in [0.717, 1.165) is 18.9 Å². The summed E-state index contributed by atoms with van der Waals surface area (Å²) < 4.78 is 0. The van der Waals surface area contributed by atoms with Crippen LogP contribution in [0.5, 0.6) is 0 Å². The largest absolute Gasteiger partial charge is 0.274 e. The number of aromatic amines is 1. The lowest BCUT2D eigenvalue weighted by Crippen LogP contribution is -2.36. The number of nitrogens with zero attached hydrogens (tertiary/aromatic N) is 3. The second-order valence-electron chi connectivity index (χ2n) is 2.02. The molecule has 6 heteroatoms. The van der Waals surface area contributed by atoms with Crippen molar-refractivity contribution in [3.63, 3.8) is 0 Å². The van der Waals surface area contributed by atoms with E-state index < -0.39 is 0 Å². The van der Waals surface area contributed by atoms with Crippen LogP contribution in [0.4, 0.5) is 5.82 Å². The van der Waals surface area contributed by atoms with Crippen molar-refractivity contribution >= 4 is 5.82 Å². The van der Waals surface area contributed by atoms with Gasteiger partial charge < -0.3 is 0 Å². The Kier molecular flexibility index (Phi) is 1.26. The molecule has 1 aromatic heterocycles. The molecule has 0 aliphatic carbocycles. The average Bonchev–Trinajstić information content (AvgIpc) is 2.59. The first-order valence-corrected chi connectivity index (χ1v) is 3.08. The van der Waals surface area contributed by atoms with Crippen LogP contribution in [0.3, 0.4) is 0 Å². The minimum absolute atomic E-state index is 0.810. The average molecular weight is 140 g/mol. The van der Waals surface area contributed by atoms with Gasteiger partial charge in [0.2, 0.25) is 0 Å². The number of hydrogen-bond donors (Lipinski definition) is 3. The van der Waals surface area contributed by atoms with Crippen LogP contribution in [0.1, 0.15) is 0 Å². The van der Waals surface area contributed by atoms with E-state index in [1.165, 1.54) is 0 Å². The highest BCUT2D eigenvalue weighted by molar-refractivity contribution is 5.32. The lowest BCUT2D eigenvalue weighted by molar-refractivity contribution is 0.648. The summed E-state index contributed by atoms with van der Waals surface area (Å²) in [4.78, 5) is 0. The fourth-order valence-corrected chi connectivity index (χ4v) is 0.872. The highest BCUT2D eigenvalue weighted by Gasteiger charge is 2.12. The standard InChI is InChI=1S/C4H8N6/c1-2-10(9-5-1)4-3-6-8-7-4/h3,5,9H,1-2H2,(H,6,7,8). The molecule has 10 heavy (non-hydrogen) atoms. The maximum Gasteiger partial charge on any atom is 0.186 e. The molecular formula is C4H8N6. The summed E-state index contributed by atoms with van der Waals surface area (Å²) in [5.74, 6) is 0.810. The van der Waals surface area contributed by atoms with Gasteiger partial charge in [0, 0.05) is 6.54 Å². The summed E-state index contributed by atoms with van der Waals surface area (Å²) in [7, 11) is 0. The van der Waals surface area contributed by atoms with Crippen LogP contribution < -0.4 is 16.0 Å². The van der Waals surface area contributed by atoms with Crippen molar-refractivity contribution < 1.29 is 0 Å². The zero-order chi connectivity index (χ0) is 6.81. The molecule has 0 amide bonds. The fourth-order valence-electron chi connectivity index (χ4n) is 0.872. The van der Waals surface area contributed by atoms with Crippen molar-refractivity contribution in [1.29, 1.82) is 0 Å². The van der Waals surface area contributed by atoms with Crippen molar-refractivity contribution in [3.8, 4) is 0 Å². The van der Waals surface area contributed by atoms with E-state index in [0.29, 0.717) is 0 Å². The van der Waals surface area contributed by atoms with Gasteiger partial charge in [0.1, 0.15) is 0 Å². The summed E-state index contributed by atoms with van der Waals surface area (Å²) in [6.45, 7) is 1.83. The van der Waals surface area contributed by atoms with Crippen LogP contribution in [0.2, 0.25) is 0 Å². The lowest BCUT2D eigenvalue weighted by Gasteiger charge is -2.10. The molecule has 1 fully saturated rings. The van der Waals surface area contributed by atoms with Gasteiger partial charge in [-0.15, -0.1) is 5.10 Å². The van der Waals surface area contributed by atoms with E-state index in [9.17, 15) is 0 Å². The van der Waals surface area contributed by atoms with E-state index in [1.54, 1.807) is 6.20 Å². The molecule has 0 saturated carbocycles. The minimum atomic E-state index is 0.810. The molecule has 2 heterocycles. The number of hydrazine groups is 2. The van der Waals surface area contributed by atoms with Gasteiger partial charge in [-0.05, 0) is 0 Å². The van der Waals surface area contributed by atoms with Crippen molar-refractivity contribution in [1.82, 2.24) is 26.4 Å². The maximum absolute atomic E-state index is 3.89. The van der Waals surface area contributed by atoms with Gasteiger partial charge in [-0.1, -0.05) is 0 Å². The van der Waals surface area contributed by atoms with Crippen molar-refractivity contribution in [2.24, 2.45) is 0 Å². The summed E-state index contributed by atoms with van der Waals surface area (Å²) in [6, 6.07) is 0. The molecule has 0 atom stereocenters. The first kappa shape index (κ1) is 5.63. The first-order valence-electron chi connectivity index (χ1n) is 3.08. The van der Waals surface area contributed by atoms with Crippen LogP contribution in [0, 0.1) is 0 Å². The quantitative estimate of drug-likeness (QED) is 0.449. The van der Waals surface area contributed by atoms with Gasteiger partial charge in [0.25, 0.3) is 0 Å². The maximum atomic E-state index is 3.89. The highest BCUT2D eigenvalue weighted by Crippen LogP contribution is 2.03. The molecule has 0 aromatic carbocycles. The molecule has 0 radical (unpaired) electrons. The van der Waals surface area contributed by atoms with E-state index in [2.05, 4.69) is 26.4 Å². The summed E-state index contributed by atoms with van der Waals surface area (Å²) in [6.07, 6.45) is 1.67. The monoisotopic (exact) mass is 140 g/mol. The number of aromatic nitrogens is 3. The molecule has 1 aromatic rings. The van der Waals surface area contributed by atoms with Gasteiger partial charge in [0.15, 0.2) is 5.82 Å². The summed E-state index contributed by atoms with van der Waals surface area (Å²) >= 11 is 0. The third kappa shape index (κ3) is 0.829. The second kappa shape index (κ2) is 2.24. The number of H-pyrrole nitrogens is 1. The normalized spacial score (nSPS) is 18.2. The van der Waals surface area contributed by atoms with Crippen LogP contribution in [0.25, 0.3) is 0 Å². The predicted molar refractivity (Wildman–Crippen MR) is 34.9 cm³/mol. The molecule has 1 aliphatic heterocycles. The molecule has 1 saturated heterocycles. The van der Waals surface area contributed by atoms with E-state index in [4.69, 9.17) is 0 Å². The van der Waals surface area contributed by atoms with Crippen molar-refractivity contribution in [2.75, 3.05) is 18.1 Å². The van der Waals surface area contributed by atoms with Gasteiger partial charge in [0.05, 0.1) is 12.7 Å². The molecule has 1 aliphatic rings. The smallest absolute Gasteiger partial charge is 0.186 e. The number of hydrogen-bond acceptors (Lipinski definition) is 5. The Morgan fingerprint density at radius 3 is 3.20 bits per heavy atom. The second-order valence-corrected chi connectivity index (χ2v) is 2.02. The molecule has 0 spiro atoms. The predicted octanol–water partition coefficient (Wildman–Crippen LogP) is -1.37. The van der Waals surface area contributed by atoms with Crippen LogP contribution in [-0.4, -0.2) is 28.5 Å². The van der Waals surface area contributed by atoms with Gasteiger partial charge in [-0.2, -0.15) is 15.8 Å². The van der Waals surface area contributed by atoms with E-state index in [-0.39, 0.29) is 0 Å². The van der Waals surface area contributed by atoms with Crippen LogP contribution in [-0.2, 0) is 0 Å². The third-order valence-corrected chi connectivity index (χ3v) is 1.35. The molecule has 0 bridgehead atoms. The molecule has 0 unspecified atom stereocenters. The Morgan fingerprint density at radius 2 is 2.60 bits per heavy atom. The summed E-state index contributed by atoms with van der Waals surface area (Å²) in [5, 5.41) is 12.0. The van der Waals surface area contributed by atoms with Gasteiger partial charge >= 0.3 is 0 Å². The van der Waals surface area contributed by atoms with Crippen molar-refractivity contribution in [3.05, 3.63) is 6.20 Å². The summed E-state index contributed by atoms with van der Waals surface area (Å²) in [5.41, 5.74) is 5.87. The van der Waals surface area contributed by atoms with Crippen molar-refractivity contribution in [2.45, 2.75) is 0 Å². The third-order valence-electron chi connectivity index (χ3n) is 1.35. The first-order chi connectivity index (χ1) is 4.97. The zero-order valence-electron chi connectivity index (χ0n) is 5.33. The van der Waals surface area contributed by atoms with Crippen LogP contribution in [0.15, 0.2) is 6.20 Å².